The van der Waals surface area contributed by atoms with Crippen molar-refractivity contribution in [3.63, 3.8) is 0 Å². The van der Waals surface area contributed by atoms with Gasteiger partial charge in [0.1, 0.15) is 18.3 Å². The Kier molecular flexibility index (Phi) is 10.2. The van der Waals surface area contributed by atoms with Crippen LogP contribution in [0.4, 0.5) is 5.69 Å². The van der Waals surface area contributed by atoms with Crippen LogP contribution in [0.2, 0.25) is 10.0 Å². The van der Waals surface area contributed by atoms with Gasteiger partial charge in [-0.25, -0.2) is 8.42 Å². The monoisotopic (exact) mass is 543 g/mol. The first-order valence-electron chi connectivity index (χ1n) is 11.0. The van der Waals surface area contributed by atoms with Crippen molar-refractivity contribution in [2.24, 2.45) is 0 Å². The maximum atomic E-state index is 13.5. The molecule has 0 saturated heterocycles. The molecule has 2 rings (SSSR count). The van der Waals surface area contributed by atoms with Crippen molar-refractivity contribution in [1.29, 1.82) is 0 Å². The smallest absolute Gasteiger partial charge is 0.244 e. The molecule has 192 valence electrons. The molecule has 2 aromatic rings. The second-order valence-electron chi connectivity index (χ2n) is 8.23. The zero-order chi connectivity index (χ0) is 26.3. The molecule has 8 nitrogen and oxygen atoms in total. The van der Waals surface area contributed by atoms with E-state index in [2.05, 4.69) is 5.32 Å². The molecule has 35 heavy (non-hydrogen) atoms. The number of halogens is 2. The Balaban J connectivity index is 2.40. The molecular formula is C24H31Cl2N3O5S. The second kappa shape index (κ2) is 12.5. The molecule has 0 aliphatic carbocycles. The first-order chi connectivity index (χ1) is 16.4. The van der Waals surface area contributed by atoms with Crippen LogP contribution in [-0.4, -0.2) is 57.1 Å². The number of nitrogens with zero attached hydrogens (tertiary/aromatic N) is 2. The minimum atomic E-state index is -3.86. The molecule has 0 unspecified atom stereocenters. The van der Waals surface area contributed by atoms with E-state index in [9.17, 15) is 18.0 Å². The summed E-state index contributed by atoms with van der Waals surface area (Å²) < 4.78 is 31.3. The molecule has 11 heteroatoms. The molecule has 0 fully saturated rings. The van der Waals surface area contributed by atoms with Crippen LogP contribution in [0.3, 0.4) is 0 Å². The number of carbonyl (C=O) groups is 2. The lowest BCUT2D eigenvalue weighted by atomic mass is 10.1. The number of hydrogen-bond acceptors (Lipinski definition) is 5. The standard InChI is InChI=1S/C24H31Cl2N3O5S/c1-6-16(2)27-24(31)17(3)28(14-18-7-9-19(25)10-8-18)23(30)15-29(35(5,32)33)20-11-12-22(34-4)21(26)13-20/h7-13,16-17H,6,14-15H2,1-5H3,(H,27,31)/t16-,17+/m1/s1. The van der Waals surface area contributed by atoms with E-state index in [1.165, 1.54) is 30.2 Å². The Morgan fingerprint density at radius 2 is 1.71 bits per heavy atom. The highest BCUT2D eigenvalue weighted by Crippen LogP contribution is 2.30. The lowest BCUT2D eigenvalue weighted by molar-refractivity contribution is -0.139. The van der Waals surface area contributed by atoms with E-state index in [4.69, 9.17) is 27.9 Å². The molecule has 0 aromatic heterocycles. The van der Waals surface area contributed by atoms with Crippen molar-refractivity contribution < 1.29 is 22.7 Å². The second-order valence-corrected chi connectivity index (χ2v) is 11.0. The van der Waals surface area contributed by atoms with Crippen LogP contribution in [0.25, 0.3) is 0 Å². The largest absolute Gasteiger partial charge is 0.495 e. The van der Waals surface area contributed by atoms with Crippen molar-refractivity contribution in [2.75, 3.05) is 24.2 Å². The van der Waals surface area contributed by atoms with Gasteiger partial charge in [-0.3, -0.25) is 13.9 Å². The fourth-order valence-electron chi connectivity index (χ4n) is 3.26. The van der Waals surface area contributed by atoms with Crippen molar-refractivity contribution >= 4 is 50.7 Å². The average Bonchev–Trinajstić information content (AvgIpc) is 2.80. The number of carbonyl (C=O) groups excluding carboxylic acids is 2. The van der Waals surface area contributed by atoms with E-state index < -0.39 is 28.5 Å². The molecule has 0 aliphatic rings. The predicted molar refractivity (Wildman–Crippen MR) is 140 cm³/mol. The molecular weight excluding hydrogens is 513 g/mol. The Morgan fingerprint density at radius 1 is 1.09 bits per heavy atom. The summed E-state index contributed by atoms with van der Waals surface area (Å²) in [5.74, 6) is -0.515. The van der Waals surface area contributed by atoms with Crippen LogP contribution >= 0.6 is 23.2 Å². The minimum Gasteiger partial charge on any atom is -0.495 e. The predicted octanol–water partition coefficient (Wildman–Crippen LogP) is 4.10. The highest BCUT2D eigenvalue weighted by Gasteiger charge is 2.30. The highest BCUT2D eigenvalue weighted by molar-refractivity contribution is 7.92. The van der Waals surface area contributed by atoms with Gasteiger partial charge in [0.25, 0.3) is 0 Å². The van der Waals surface area contributed by atoms with E-state index >= 15 is 0 Å². The number of anilines is 1. The van der Waals surface area contributed by atoms with Crippen molar-refractivity contribution in [2.45, 2.75) is 45.8 Å². The summed E-state index contributed by atoms with van der Waals surface area (Å²) in [4.78, 5) is 27.7. The molecule has 0 spiro atoms. The fourth-order valence-corrected chi connectivity index (χ4v) is 4.48. The Bertz CT molecular complexity index is 1140. The molecule has 0 bridgehead atoms. The van der Waals surface area contributed by atoms with Crippen LogP contribution in [-0.2, 0) is 26.2 Å². The number of benzene rings is 2. The third-order valence-corrected chi connectivity index (χ3v) is 7.22. The molecule has 0 radical (unpaired) electrons. The van der Waals surface area contributed by atoms with E-state index in [1.54, 1.807) is 31.2 Å². The third kappa shape index (κ3) is 8.02. The molecule has 2 atom stereocenters. The molecule has 0 aliphatic heterocycles. The topological polar surface area (TPSA) is 96.0 Å². The minimum absolute atomic E-state index is 0.0774. The number of ether oxygens (including phenoxy) is 1. The van der Waals surface area contributed by atoms with Crippen molar-refractivity contribution in [1.82, 2.24) is 10.2 Å². The number of rotatable bonds is 11. The molecule has 0 saturated carbocycles. The average molecular weight is 545 g/mol. The summed E-state index contributed by atoms with van der Waals surface area (Å²) in [7, 11) is -2.42. The van der Waals surface area contributed by atoms with Crippen LogP contribution in [0.1, 0.15) is 32.8 Å². The van der Waals surface area contributed by atoms with E-state index in [1.807, 2.05) is 13.8 Å². The molecule has 2 amide bonds. The number of amides is 2. The number of methoxy groups -OCH3 is 1. The first kappa shape index (κ1) is 28.7. The molecule has 1 N–H and O–H groups in total. The Hall–Kier alpha value is -2.49. The quantitative estimate of drug-likeness (QED) is 0.460. The molecule has 2 aromatic carbocycles. The highest BCUT2D eigenvalue weighted by atomic mass is 35.5. The fraction of sp³-hybridized carbons (Fsp3) is 0.417. The molecule has 0 heterocycles. The number of nitrogens with one attached hydrogen (secondary N) is 1. The van der Waals surface area contributed by atoms with Gasteiger partial charge in [-0.1, -0.05) is 42.3 Å². The van der Waals surface area contributed by atoms with Crippen molar-refractivity contribution in [3.05, 3.63) is 58.1 Å². The Morgan fingerprint density at radius 3 is 2.23 bits per heavy atom. The van der Waals surface area contributed by atoms with Gasteiger partial charge >= 0.3 is 0 Å². The number of sulfonamides is 1. The van der Waals surface area contributed by atoms with Crippen LogP contribution < -0.4 is 14.4 Å². The summed E-state index contributed by atoms with van der Waals surface area (Å²) in [6, 6.07) is 10.4. The first-order valence-corrected chi connectivity index (χ1v) is 13.6. The summed E-state index contributed by atoms with van der Waals surface area (Å²) in [5.41, 5.74) is 0.944. The third-order valence-electron chi connectivity index (χ3n) is 5.54. The van der Waals surface area contributed by atoms with Gasteiger partial charge < -0.3 is 15.0 Å². The lowest BCUT2D eigenvalue weighted by Gasteiger charge is -2.32. The maximum Gasteiger partial charge on any atom is 0.244 e. The summed E-state index contributed by atoms with van der Waals surface area (Å²) >= 11 is 12.2. The van der Waals surface area contributed by atoms with Gasteiger partial charge in [-0.05, 0) is 56.2 Å². The van der Waals surface area contributed by atoms with Crippen LogP contribution in [0, 0.1) is 0 Å². The summed E-state index contributed by atoms with van der Waals surface area (Å²) in [5, 5.41) is 3.61. The van der Waals surface area contributed by atoms with Crippen molar-refractivity contribution in [3.8, 4) is 5.75 Å². The van der Waals surface area contributed by atoms with Gasteiger partial charge in [0.15, 0.2) is 0 Å². The normalized spacial score (nSPS) is 13.0. The van der Waals surface area contributed by atoms with E-state index in [0.717, 1.165) is 22.5 Å². The number of hydrogen-bond donors (Lipinski definition) is 1. The summed E-state index contributed by atoms with van der Waals surface area (Å²) in [6.07, 6.45) is 1.73. The van der Waals surface area contributed by atoms with Gasteiger partial charge in [0.05, 0.1) is 24.1 Å². The maximum absolute atomic E-state index is 13.5. The van der Waals surface area contributed by atoms with Gasteiger partial charge in [0.2, 0.25) is 21.8 Å². The SMILES string of the molecule is CC[C@@H](C)NC(=O)[C@H](C)N(Cc1ccc(Cl)cc1)C(=O)CN(c1ccc(OC)c(Cl)c1)S(C)(=O)=O. The van der Waals surface area contributed by atoms with Gasteiger partial charge in [-0.15, -0.1) is 0 Å². The van der Waals surface area contributed by atoms with E-state index in [0.29, 0.717) is 10.8 Å². The van der Waals surface area contributed by atoms with Crippen LogP contribution in [0.5, 0.6) is 5.75 Å². The van der Waals surface area contributed by atoms with Crippen LogP contribution in [0.15, 0.2) is 42.5 Å². The zero-order valence-corrected chi connectivity index (χ0v) is 22.7. The lowest BCUT2D eigenvalue weighted by Crippen LogP contribution is -2.52. The summed E-state index contributed by atoms with van der Waals surface area (Å²) in [6.45, 7) is 4.99. The zero-order valence-electron chi connectivity index (χ0n) is 20.4. The van der Waals surface area contributed by atoms with Gasteiger partial charge in [0, 0.05) is 17.6 Å². The Labute approximate surface area is 217 Å². The van der Waals surface area contributed by atoms with E-state index in [-0.39, 0.29) is 29.2 Å². The van der Waals surface area contributed by atoms with Gasteiger partial charge in [-0.2, -0.15) is 0 Å².